The van der Waals surface area contributed by atoms with E-state index in [9.17, 15) is 9.59 Å². The van der Waals surface area contributed by atoms with Gasteiger partial charge in [-0.05, 0) is 19.4 Å². The van der Waals surface area contributed by atoms with E-state index in [1.807, 2.05) is 29.7 Å². The molecule has 0 spiro atoms. The van der Waals surface area contributed by atoms with E-state index in [0.29, 0.717) is 5.16 Å². The van der Waals surface area contributed by atoms with E-state index in [2.05, 4.69) is 28.5 Å². The summed E-state index contributed by atoms with van der Waals surface area (Å²) in [5.41, 5.74) is 2.18. The van der Waals surface area contributed by atoms with E-state index in [1.165, 1.54) is 16.7 Å². The average Bonchev–Trinajstić information content (AvgIpc) is 3.02. The third kappa shape index (κ3) is 5.08. The van der Waals surface area contributed by atoms with Gasteiger partial charge in [0.2, 0.25) is 11.8 Å². The molecular formula is C18H25N5O2S. The van der Waals surface area contributed by atoms with E-state index in [4.69, 9.17) is 0 Å². The third-order valence-electron chi connectivity index (χ3n) is 3.85. The zero-order valence-electron chi connectivity index (χ0n) is 15.7. The molecule has 0 atom stereocenters. The number of amides is 2. The molecule has 0 radical (unpaired) electrons. The van der Waals surface area contributed by atoms with Crippen LogP contribution in [0.1, 0.15) is 18.9 Å². The highest BCUT2D eigenvalue weighted by Crippen LogP contribution is 2.25. The van der Waals surface area contributed by atoms with Gasteiger partial charge < -0.3 is 14.8 Å². The molecule has 140 valence electrons. The highest BCUT2D eigenvalue weighted by molar-refractivity contribution is 7.99. The molecule has 1 aromatic carbocycles. The van der Waals surface area contributed by atoms with E-state index in [-0.39, 0.29) is 24.1 Å². The topological polar surface area (TPSA) is 80.1 Å². The van der Waals surface area contributed by atoms with Crippen molar-refractivity contribution < 1.29 is 9.59 Å². The molecule has 7 nitrogen and oxygen atoms in total. The first-order chi connectivity index (χ1) is 12.5. The summed E-state index contributed by atoms with van der Waals surface area (Å²) in [6.45, 7) is 4.96. The fourth-order valence-corrected chi connectivity index (χ4v) is 3.34. The Kier molecular flexibility index (Phi) is 7.20. The SMILES string of the molecule is CCCn1c(SCC(=O)N(C)CC(=O)NC)nnc1-c1cccc(C)c1. The molecule has 1 N–H and O–H groups in total. The Balaban J connectivity index is 2.12. The van der Waals surface area contributed by atoms with Crippen LogP contribution >= 0.6 is 11.8 Å². The first-order valence-corrected chi connectivity index (χ1v) is 9.52. The largest absolute Gasteiger partial charge is 0.358 e. The van der Waals surface area contributed by atoms with Gasteiger partial charge >= 0.3 is 0 Å². The molecule has 0 aliphatic rings. The minimum absolute atomic E-state index is 0.0477. The fourth-order valence-electron chi connectivity index (χ4n) is 2.44. The van der Waals surface area contributed by atoms with Crippen LogP contribution in [0.25, 0.3) is 11.4 Å². The molecule has 2 amide bonds. The van der Waals surface area contributed by atoms with Crippen molar-refractivity contribution >= 4 is 23.6 Å². The van der Waals surface area contributed by atoms with Crippen LogP contribution < -0.4 is 5.32 Å². The Bertz CT molecular complexity index is 775. The number of benzene rings is 1. The number of likely N-dealkylation sites (N-methyl/N-ethyl adjacent to an activating group) is 2. The number of nitrogens with zero attached hydrogens (tertiary/aromatic N) is 4. The van der Waals surface area contributed by atoms with Crippen LogP contribution in [0, 0.1) is 6.92 Å². The van der Waals surface area contributed by atoms with Crippen LogP contribution in [-0.2, 0) is 16.1 Å². The van der Waals surface area contributed by atoms with Crippen molar-refractivity contribution in [2.45, 2.75) is 32.0 Å². The van der Waals surface area contributed by atoms with Gasteiger partial charge in [-0.15, -0.1) is 10.2 Å². The molecule has 26 heavy (non-hydrogen) atoms. The van der Waals surface area contributed by atoms with Crippen molar-refractivity contribution in [1.29, 1.82) is 0 Å². The summed E-state index contributed by atoms with van der Waals surface area (Å²) in [5.74, 6) is 0.705. The van der Waals surface area contributed by atoms with Crippen molar-refractivity contribution in [3.63, 3.8) is 0 Å². The molecule has 0 aliphatic carbocycles. The van der Waals surface area contributed by atoms with Crippen molar-refractivity contribution in [2.75, 3.05) is 26.4 Å². The molecule has 8 heteroatoms. The quantitative estimate of drug-likeness (QED) is 0.714. The summed E-state index contributed by atoms with van der Waals surface area (Å²) in [6, 6.07) is 8.13. The van der Waals surface area contributed by atoms with E-state index in [1.54, 1.807) is 14.1 Å². The van der Waals surface area contributed by atoms with Gasteiger partial charge in [0.15, 0.2) is 11.0 Å². The Morgan fingerprint density at radius 2 is 2.08 bits per heavy atom. The average molecular weight is 375 g/mol. The van der Waals surface area contributed by atoms with Gasteiger partial charge in [0.1, 0.15) is 0 Å². The molecule has 0 saturated carbocycles. The molecule has 0 bridgehead atoms. The molecule has 0 unspecified atom stereocenters. The smallest absolute Gasteiger partial charge is 0.239 e. The Morgan fingerprint density at radius 3 is 2.73 bits per heavy atom. The van der Waals surface area contributed by atoms with Crippen molar-refractivity contribution in [3.8, 4) is 11.4 Å². The van der Waals surface area contributed by atoms with Gasteiger partial charge in [0, 0.05) is 26.2 Å². The molecule has 2 aromatic rings. The molecular weight excluding hydrogens is 350 g/mol. The minimum atomic E-state index is -0.193. The van der Waals surface area contributed by atoms with Crippen LogP contribution in [0.15, 0.2) is 29.4 Å². The number of hydrogen-bond acceptors (Lipinski definition) is 5. The summed E-state index contributed by atoms with van der Waals surface area (Å²) >= 11 is 1.34. The minimum Gasteiger partial charge on any atom is -0.358 e. The maximum Gasteiger partial charge on any atom is 0.239 e. The van der Waals surface area contributed by atoms with Crippen LogP contribution in [0.4, 0.5) is 0 Å². The maximum atomic E-state index is 12.2. The van der Waals surface area contributed by atoms with Gasteiger partial charge in [-0.25, -0.2) is 0 Å². The van der Waals surface area contributed by atoms with Crippen molar-refractivity contribution in [1.82, 2.24) is 25.0 Å². The van der Waals surface area contributed by atoms with Crippen LogP contribution in [0.5, 0.6) is 0 Å². The summed E-state index contributed by atoms with van der Waals surface area (Å²) in [6.07, 6.45) is 0.939. The van der Waals surface area contributed by atoms with Crippen LogP contribution in [0.3, 0.4) is 0 Å². The Hall–Kier alpha value is -2.35. The predicted octanol–water partition coefficient (Wildman–Crippen LogP) is 1.96. The standard InChI is InChI=1S/C18H25N5O2S/c1-5-9-23-17(14-8-6-7-13(2)10-14)20-21-18(23)26-12-16(25)22(4)11-15(24)19-3/h6-8,10H,5,9,11-12H2,1-4H3,(H,19,24). The zero-order chi connectivity index (χ0) is 19.1. The summed E-state index contributed by atoms with van der Waals surface area (Å²) in [4.78, 5) is 25.0. The van der Waals surface area contributed by atoms with Gasteiger partial charge in [-0.3, -0.25) is 9.59 Å². The first kappa shape index (κ1) is 20.0. The molecule has 1 aromatic heterocycles. The van der Waals surface area contributed by atoms with E-state index in [0.717, 1.165) is 29.9 Å². The number of carbonyl (C=O) groups is 2. The molecule has 0 aliphatic heterocycles. The van der Waals surface area contributed by atoms with Crippen molar-refractivity contribution in [3.05, 3.63) is 29.8 Å². The lowest BCUT2D eigenvalue weighted by atomic mass is 10.1. The fraction of sp³-hybridized carbons (Fsp3) is 0.444. The summed E-state index contributed by atoms with van der Waals surface area (Å²) in [7, 11) is 3.17. The summed E-state index contributed by atoms with van der Waals surface area (Å²) < 4.78 is 2.05. The number of hydrogen-bond donors (Lipinski definition) is 1. The monoisotopic (exact) mass is 375 g/mol. The van der Waals surface area contributed by atoms with Gasteiger partial charge in [0.25, 0.3) is 0 Å². The highest BCUT2D eigenvalue weighted by Gasteiger charge is 2.17. The normalized spacial score (nSPS) is 10.6. The van der Waals surface area contributed by atoms with E-state index >= 15 is 0 Å². The molecule has 0 fully saturated rings. The molecule has 0 saturated heterocycles. The second-order valence-corrected chi connectivity index (χ2v) is 6.98. The Morgan fingerprint density at radius 1 is 1.31 bits per heavy atom. The number of aromatic nitrogens is 3. The number of rotatable bonds is 8. The number of thioether (sulfide) groups is 1. The van der Waals surface area contributed by atoms with Gasteiger partial charge in [-0.1, -0.05) is 42.4 Å². The first-order valence-electron chi connectivity index (χ1n) is 8.53. The third-order valence-corrected chi connectivity index (χ3v) is 4.80. The lowest BCUT2D eigenvalue weighted by molar-refractivity contribution is -0.132. The lowest BCUT2D eigenvalue weighted by Crippen LogP contribution is -2.37. The van der Waals surface area contributed by atoms with Crippen LogP contribution in [0.2, 0.25) is 0 Å². The van der Waals surface area contributed by atoms with Crippen molar-refractivity contribution in [2.24, 2.45) is 0 Å². The predicted molar refractivity (Wildman–Crippen MR) is 103 cm³/mol. The number of carbonyl (C=O) groups excluding carboxylic acids is 2. The molecule has 2 rings (SSSR count). The Labute approximate surface area is 158 Å². The van der Waals surface area contributed by atoms with Gasteiger partial charge in [-0.2, -0.15) is 0 Å². The van der Waals surface area contributed by atoms with Gasteiger partial charge in [0.05, 0.1) is 12.3 Å². The summed E-state index contributed by atoms with van der Waals surface area (Å²) in [5, 5.41) is 11.8. The van der Waals surface area contributed by atoms with Crippen LogP contribution in [-0.4, -0.2) is 57.9 Å². The zero-order valence-corrected chi connectivity index (χ0v) is 16.5. The molecule has 1 heterocycles. The maximum absolute atomic E-state index is 12.2. The second kappa shape index (κ2) is 9.38. The lowest BCUT2D eigenvalue weighted by Gasteiger charge is -2.15. The van der Waals surface area contributed by atoms with E-state index < -0.39 is 0 Å². The second-order valence-electron chi connectivity index (χ2n) is 6.04. The number of aryl methyl sites for hydroxylation is 1. The highest BCUT2D eigenvalue weighted by atomic mass is 32.2. The number of nitrogens with one attached hydrogen (secondary N) is 1.